The van der Waals surface area contributed by atoms with Crippen LogP contribution in [0, 0.1) is 11.3 Å². The topological polar surface area (TPSA) is 88.2 Å². The van der Waals surface area contributed by atoms with Crippen molar-refractivity contribution in [3.05, 3.63) is 66.4 Å². The van der Waals surface area contributed by atoms with Gasteiger partial charge in [-0.05, 0) is 35.9 Å². The van der Waals surface area contributed by atoms with Crippen LogP contribution < -0.4 is 5.73 Å². The van der Waals surface area contributed by atoms with E-state index in [1.165, 1.54) is 0 Å². The fraction of sp³-hybridized carbons (Fsp3) is 0.133. The first-order valence-electron chi connectivity index (χ1n) is 6.14. The summed E-state index contributed by atoms with van der Waals surface area (Å²) < 4.78 is 5.30. The highest BCUT2D eigenvalue weighted by molar-refractivity contribution is 6.07. The van der Waals surface area contributed by atoms with Crippen LogP contribution in [0.5, 0.6) is 0 Å². The molecule has 2 N–H and O–H groups in total. The van der Waals surface area contributed by atoms with Crippen LogP contribution >= 0.6 is 0 Å². The molecule has 0 aliphatic carbocycles. The lowest BCUT2D eigenvalue weighted by molar-refractivity contribution is 0.519. The number of rotatable bonds is 2. The van der Waals surface area contributed by atoms with Crippen molar-refractivity contribution in [1.29, 1.82) is 5.26 Å². The van der Waals surface area contributed by atoms with Crippen molar-refractivity contribution < 1.29 is 4.42 Å². The van der Waals surface area contributed by atoms with Gasteiger partial charge in [-0.25, -0.2) is 0 Å². The van der Waals surface area contributed by atoms with E-state index in [9.17, 15) is 5.26 Å². The first-order chi connectivity index (χ1) is 9.76. The van der Waals surface area contributed by atoms with E-state index in [1.807, 2.05) is 6.07 Å². The molecule has 0 saturated carbocycles. The first-order valence-corrected chi connectivity index (χ1v) is 6.14. The highest BCUT2D eigenvalue weighted by Gasteiger charge is 2.39. The van der Waals surface area contributed by atoms with Gasteiger partial charge in [0.15, 0.2) is 5.76 Å². The van der Waals surface area contributed by atoms with Crippen molar-refractivity contribution in [2.75, 3.05) is 0 Å². The maximum atomic E-state index is 9.59. The van der Waals surface area contributed by atoms with Gasteiger partial charge in [0, 0.05) is 12.4 Å². The Morgan fingerprint density at radius 3 is 2.70 bits per heavy atom. The second kappa shape index (κ2) is 4.76. The second-order valence-electron chi connectivity index (χ2n) is 4.49. The molecular formula is C15H12N4O. The third-order valence-electron chi connectivity index (χ3n) is 3.37. The lowest BCUT2D eigenvalue weighted by Gasteiger charge is -2.30. The molecule has 20 heavy (non-hydrogen) atoms. The van der Waals surface area contributed by atoms with Crippen molar-refractivity contribution in [3.63, 3.8) is 0 Å². The second-order valence-corrected chi connectivity index (χ2v) is 4.49. The van der Waals surface area contributed by atoms with Gasteiger partial charge in [-0.1, -0.05) is 6.08 Å². The van der Waals surface area contributed by atoms with Gasteiger partial charge < -0.3 is 10.2 Å². The number of nitrogens with zero attached hydrogens (tertiary/aromatic N) is 3. The quantitative estimate of drug-likeness (QED) is 0.895. The lowest BCUT2D eigenvalue weighted by Crippen LogP contribution is -2.44. The molecule has 5 heteroatoms. The Kier molecular flexibility index (Phi) is 2.93. The molecule has 0 radical (unpaired) electrons. The molecule has 0 amide bonds. The summed E-state index contributed by atoms with van der Waals surface area (Å²) in [4.78, 5) is 8.36. The van der Waals surface area contributed by atoms with Crippen molar-refractivity contribution in [1.82, 2.24) is 4.98 Å². The molecule has 98 valence electrons. The molecule has 2 atom stereocenters. The number of furan rings is 1. The minimum atomic E-state index is -0.973. The standard InChI is InChI=1S/C15H12N4O/c16-10-15(11-4-7-18-8-5-11)6-3-12(19-14(15)17)13-2-1-9-20-13/h1-9,14H,17H2. The van der Waals surface area contributed by atoms with Gasteiger partial charge in [0.1, 0.15) is 17.3 Å². The number of aromatic nitrogens is 1. The van der Waals surface area contributed by atoms with Crippen molar-refractivity contribution in [2.45, 2.75) is 11.6 Å². The number of aliphatic imine (C=N–C) groups is 1. The molecule has 5 nitrogen and oxygen atoms in total. The van der Waals surface area contributed by atoms with Crippen LogP contribution in [0.4, 0.5) is 0 Å². The van der Waals surface area contributed by atoms with E-state index in [0.29, 0.717) is 11.5 Å². The summed E-state index contributed by atoms with van der Waals surface area (Å²) in [6.45, 7) is 0. The molecule has 2 aromatic heterocycles. The van der Waals surface area contributed by atoms with Crippen LogP contribution in [0.1, 0.15) is 11.3 Å². The molecule has 3 heterocycles. The smallest absolute Gasteiger partial charge is 0.151 e. The third-order valence-corrected chi connectivity index (χ3v) is 3.37. The summed E-state index contributed by atoms with van der Waals surface area (Å²) in [5, 5.41) is 9.59. The normalized spacial score (nSPS) is 25.0. The molecule has 2 aromatic rings. The van der Waals surface area contributed by atoms with Gasteiger partial charge in [0.25, 0.3) is 0 Å². The van der Waals surface area contributed by atoms with Crippen LogP contribution in [0.15, 0.2) is 64.5 Å². The average molecular weight is 264 g/mol. The molecule has 1 aliphatic heterocycles. The minimum Gasteiger partial charge on any atom is -0.463 e. The van der Waals surface area contributed by atoms with Crippen LogP contribution in [-0.4, -0.2) is 16.9 Å². The molecule has 1 aliphatic rings. The third kappa shape index (κ3) is 1.83. The molecular weight excluding hydrogens is 252 g/mol. The van der Waals surface area contributed by atoms with E-state index in [2.05, 4.69) is 16.0 Å². The van der Waals surface area contributed by atoms with Gasteiger partial charge in [-0.3, -0.25) is 9.98 Å². The average Bonchev–Trinajstić information content (AvgIpc) is 3.03. The maximum absolute atomic E-state index is 9.59. The Hall–Kier alpha value is -2.71. The summed E-state index contributed by atoms with van der Waals surface area (Å²) in [5.41, 5.74) is 6.58. The molecule has 0 aromatic carbocycles. The van der Waals surface area contributed by atoms with Gasteiger partial charge >= 0.3 is 0 Å². The van der Waals surface area contributed by atoms with Crippen molar-refractivity contribution in [2.24, 2.45) is 10.7 Å². The van der Waals surface area contributed by atoms with Gasteiger partial charge in [0.2, 0.25) is 0 Å². The summed E-state index contributed by atoms with van der Waals surface area (Å²) in [5.74, 6) is 0.637. The van der Waals surface area contributed by atoms with Crippen molar-refractivity contribution in [3.8, 4) is 6.07 Å². The predicted molar refractivity (Wildman–Crippen MR) is 73.9 cm³/mol. The highest BCUT2D eigenvalue weighted by Crippen LogP contribution is 2.31. The Morgan fingerprint density at radius 2 is 2.10 bits per heavy atom. The van der Waals surface area contributed by atoms with E-state index >= 15 is 0 Å². The number of nitriles is 1. The van der Waals surface area contributed by atoms with E-state index in [-0.39, 0.29) is 0 Å². The SMILES string of the molecule is N#CC1(c2ccncc2)C=CC(c2ccco2)=NC1N. The van der Waals surface area contributed by atoms with E-state index in [0.717, 1.165) is 5.56 Å². The van der Waals surface area contributed by atoms with Crippen LogP contribution in [-0.2, 0) is 5.41 Å². The number of pyridine rings is 1. The zero-order valence-electron chi connectivity index (χ0n) is 10.6. The van der Waals surface area contributed by atoms with Crippen LogP contribution in [0.25, 0.3) is 0 Å². The Bertz CT molecular complexity index is 697. The summed E-state index contributed by atoms with van der Waals surface area (Å²) in [7, 11) is 0. The fourth-order valence-electron chi connectivity index (χ4n) is 2.24. The van der Waals surface area contributed by atoms with Gasteiger partial charge in [-0.2, -0.15) is 5.26 Å². The number of nitrogens with two attached hydrogens (primary N) is 1. The maximum Gasteiger partial charge on any atom is 0.151 e. The zero-order valence-corrected chi connectivity index (χ0v) is 10.6. The molecule has 3 rings (SSSR count). The fourth-order valence-corrected chi connectivity index (χ4v) is 2.24. The lowest BCUT2D eigenvalue weighted by atomic mass is 9.77. The number of hydrogen-bond donors (Lipinski definition) is 1. The molecule has 0 fully saturated rings. The van der Waals surface area contributed by atoms with Crippen LogP contribution in [0.3, 0.4) is 0 Å². The number of hydrogen-bond acceptors (Lipinski definition) is 5. The zero-order chi connectivity index (χ0) is 14.0. The van der Waals surface area contributed by atoms with E-state index in [1.54, 1.807) is 49.0 Å². The summed E-state index contributed by atoms with van der Waals surface area (Å²) in [6.07, 6.45) is 7.71. The Balaban J connectivity index is 2.02. The highest BCUT2D eigenvalue weighted by atomic mass is 16.3. The largest absolute Gasteiger partial charge is 0.463 e. The molecule has 0 saturated heterocycles. The Labute approximate surface area is 116 Å². The molecule has 2 unspecified atom stereocenters. The number of dihydropyridines is 1. The number of allylic oxidation sites excluding steroid dienone is 1. The van der Waals surface area contributed by atoms with E-state index in [4.69, 9.17) is 10.2 Å². The van der Waals surface area contributed by atoms with Crippen LogP contribution in [0.2, 0.25) is 0 Å². The summed E-state index contributed by atoms with van der Waals surface area (Å²) in [6, 6.07) is 9.42. The van der Waals surface area contributed by atoms with Crippen molar-refractivity contribution >= 4 is 5.71 Å². The van der Waals surface area contributed by atoms with Gasteiger partial charge in [0.05, 0.1) is 12.3 Å². The monoisotopic (exact) mass is 264 g/mol. The first kappa shape index (κ1) is 12.3. The summed E-state index contributed by atoms with van der Waals surface area (Å²) >= 11 is 0. The molecule has 0 spiro atoms. The molecule has 0 bridgehead atoms. The van der Waals surface area contributed by atoms with Gasteiger partial charge in [-0.15, -0.1) is 0 Å². The predicted octanol–water partition coefficient (Wildman–Crippen LogP) is 1.78. The van der Waals surface area contributed by atoms with E-state index < -0.39 is 11.6 Å². The minimum absolute atomic E-state index is 0.637. The Morgan fingerprint density at radius 1 is 1.30 bits per heavy atom.